The van der Waals surface area contributed by atoms with Crippen molar-refractivity contribution in [2.75, 3.05) is 12.0 Å². The predicted molar refractivity (Wildman–Crippen MR) is 137 cm³/mol. The number of hydrogen-bond acceptors (Lipinski definition) is 9. The second-order valence-electron chi connectivity index (χ2n) is 8.61. The zero-order valence-electron chi connectivity index (χ0n) is 20.8. The van der Waals surface area contributed by atoms with Crippen LogP contribution in [0.3, 0.4) is 0 Å². The number of rotatable bonds is 3. The first kappa shape index (κ1) is 25.0. The monoisotopic (exact) mass is 531 g/mol. The summed E-state index contributed by atoms with van der Waals surface area (Å²) < 4.78 is 11.6. The van der Waals surface area contributed by atoms with Gasteiger partial charge in [-0.25, -0.2) is 14.7 Å². The fourth-order valence-corrected chi connectivity index (χ4v) is 5.83. The van der Waals surface area contributed by atoms with Crippen molar-refractivity contribution >= 4 is 46.4 Å². The molecule has 5 rings (SSSR count). The van der Waals surface area contributed by atoms with E-state index in [0.29, 0.717) is 28.3 Å². The Morgan fingerprint density at radius 3 is 2.32 bits per heavy atom. The number of nitrogens with zero attached hydrogens (tertiary/aromatic N) is 3. The number of thiazole rings is 1. The molecule has 0 fully saturated rings. The number of carbonyl (C=O) groups excluding carboxylic acids is 4. The standard InChI is InChI=1S/C27H21N3O7S/c1-13-20(26(35)36-4)22(16-9-11-17(12-10-16)37-15(3)32)30-25(34)23(38-27(30)28-13)21-18-7-5-6-8-19(18)29(14(2)31)24(21)33/h5-12,22H,1-4H3/t22-/m0/s1. The van der Waals surface area contributed by atoms with Crippen LogP contribution in [-0.4, -0.2) is 35.4 Å². The number of imide groups is 1. The van der Waals surface area contributed by atoms with Gasteiger partial charge in [-0.05, 0) is 30.7 Å². The number of ether oxygens (including phenoxy) is 2. The molecule has 10 nitrogen and oxygen atoms in total. The van der Waals surface area contributed by atoms with Crippen LogP contribution in [0.25, 0.3) is 5.57 Å². The quantitative estimate of drug-likeness (QED) is 0.371. The van der Waals surface area contributed by atoms with Gasteiger partial charge in [0.25, 0.3) is 11.5 Å². The topological polar surface area (TPSA) is 124 Å². The summed E-state index contributed by atoms with van der Waals surface area (Å²) in [4.78, 5) is 69.7. The van der Waals surface area contributed by atoms with Gasteiger partial charge in [0.2, 0.25) is 5.91 Å². The van der Waals surface area contributed by atoms with Crippen LogP contribution in [-0.2, 0) is 23.9 Å². The summed E-state index contributed by atoms with van der Waals surface area (Å²) in [5, 5.41) is 0. The number of anilines is 1. The maximum absolute atomic E-state index is 14.0. The molecule has 192 valence electrons. The van der Waals surface area contributed by atoms with Gasteiger partial charge in [0, 0.05) is 19.4 Å². The van der Waals surface area contributed by atoms with Gasteiger partial charge in [0.05, 0.1) is 35.7 Å². The Hall–Kier alpha value is -4.64. The molecular formula is C27H21N3O7S. The van der Waals surface area contributed by atoms with Crippen molar-refractivity contribution in [3.05, 3.63) is 90.6 Å². The van der Waals surface area contributed by atoms with Gasteiger partial charge in [0.1, 0.15) is 10.3 Å². The van der Waals surface area contributed by atoms with Gasteiger partial charge in [0.15, 0.2) is 4.80 Å². The third-order valence-electron chi connectivity index (χ3n) is 6.23. The summed E-state index contributed by atoms with van der Waals surface area (Å²) in [6.45, 7) is 4.20. The second kappa shape index (κ2) is 9.34. The highest BCUT2D eigenvalue weighted by Crippen LogP contribution is 2.36. The third kappa shape index (κ3) is 3.88. The first-order chi connectivity index (χ1) is 18.1. The van der Waals surface area contributed by atoms with Crippen molar-refractivity contribution in [2.45, 2.75) is 26.8 Å². The lowest BCUT2D eigenvalue weighted by Gasteiger charge is -2.24. The Morgan fingerprint density at radius 2 is 1.68 bits per heavy atom. The lowest BCUT2D eigenvalue weighted by Crippen LogP contribution is -2.41. The molecule has 0 bridgehead atoms. The van der Waals surface area contributed by atoms with E-state index in [2.05, 4.69) is 4.99 Å². The number of carbonyl (C=O) groups is 4. The number of benzene rings is 2. The highest BCUT2D eigenvalue weighted by molar-refractivity contribution is 7.07. The number of hydrogen-bond donors (Lipinski definition) is 0. The Bertz CT molecular complexity index is 1760. The molecule has 2 aromatic carbocycles. The molecule has 0 N–H and O–H groups in total. The highest BCUT2D eigenvalue weighted by atomic mass is 32.1. The van der Waals surface area contributed by atoms with Crippen molar-refractivity contribution in [1.82, 2.24) is 4.57 Å². The lowest BCUT2D eigenvalue weighted by atomic mass is 9.96. The van der Waals surface area contributed by atoms with E-state index in [9.17, 15) is 24.0 Å². The molecule has 1 atom stereocenters. The minimum atomic E-state index is -0.921. The SMILES string of the molecule is COC(=O)C1=C(C)N=c2sc(=C3C(=O)N(C(C)=O)c4ccccc43)c(=O)n2[C@H]1c1ccc(OC(C)=O)cc1. The maximum atomic E-state index is 14.0. The largest absolute Gasteiger partial charge is 0.466 e. The fraction of sp³-hybridized carbons (Fsp3) is 0.185. The van der Waals surface area contributed by atoms with Crippen LogP contribution in [0.4, 0.5) is 5.69 Å². The molecular weight excluding hydrogens is 510 g/mol. The molecule has 2 amide bonds. The predicted octanol–water partition coefficient (Wildman–Crippen LogP) is 1.60. The highest BCUT2D eigenvalue weighted by Gasteiger charge is 2.38. The minimum Gasteiger partial charge on any atom is -0.466 e. The molecule has 0 radical (unpaired) electrons. The van der Waals surface area contributed by atoms with Gasteiger partial charge in [-0.3, -0.25) is 23.7 Å². The zero-order chi connectivity index (χ0) is 27.3. The normalized spacial score (nSPS) is 17.5. The van der Waals surface area contributed by atoms with E-state index in [1.807, 2.05) is 0 Å². The Labute approximate surface area is 219 Å². The number of esters is 2. The van der Waals surface area contributed by atoms with Crippen LogP contribution in [0, 0.1) is 0 Å². The average Bonchev–Trinajstić information content (AvgIpc) is 3.35. The molecule has 2 aliphatic rings. The van der Waals surface area contributed by atoms with Gasteiger partial charge < -0.3 is 9.47 Å². The number of fused-ring (bicyclic) bond motifs is 2. The zero-order valence-corrected chi connectivity index (χ0v) is 21.6. The molecule has 0 aliphatic carbocycles. The fourth-order valence-electron chi connectivity index (χ4n) is 4.69. The molecule has 38 heavy (non-hydrogen) atoms. The summed E-state index contributed by atoms with van der Waals surface area (Å²) in [6.07, 6.45) is 0. The second-order valence-corrected chi connectivity index (χ2v) is 9.59. The van der Waals surface area contributed by atoms with Crippen molar-refractivity contribution in [3.63, 3.8) is 0 Å². The first-order valence-electron chi connectivity index (χ1n) is 11.5. The molecule has 0 spiro atoms. The molecule has 11 heteroatoms. The molecule has 0 saturated heterocycles. The van der Waals surface area contributed by atoms with Gasteiger partial charge in [-0.15, -0.1) is 0 Å². The van der Waals surface area contributed by atoms with Crippen LogP contribution < -0.4 is 24.5 Å². The van der Waals surface area contributed by atoms with Crippen molar-refractivity contribution in [2.24, 2.45) is 4.99 Å². The van der Waals surface area contributed by atoms with E-state index < -0.39 is 35.4 Å². The van der Waals surface area contributed by atoms with Crippen molar-refractivity contribution in [1.29, 1.82) is 0 Å². The summed E-state index contributed by atoms with van der Waals surface area (Å²) in [6, 6.07) is 12.2. The van der Waals surface area contributed by atoms with E-state index in [-0.39, 0.29) is 20.5 Å². The smallest absolute Gasteiger partial charge is 0.338 e. The Morgan fingerprint density at radius 1 is 1.00 bits per heavy atom. The number of amides is 2. The number of allylic oxidation sites excluding steroid dienone is 1. The number of methoxy groups -OCH3 is 1. The van der Waals surface area contributed by atoms with Gasteiger partial charge >= 0.3 is 11.9 Å². The van der Waals surface area contributed by atoms with Crippen LogP contribution in [0.5, 0.6) is 5.75 Å². The van der Waals surface area contributed by atoms with Crippen LogP contribution in [0.2, 0.25) is 0 Å². The Kier molecular flexibility index (Phi) is 6.15. The van der Waals surface area contributed by atoms with Crippen molar-refractivity contribution < 1.29 is 28.7 Å². The lowest BCUT2D eigenvalue weighted by molar-refractivity contribution is -0.136. The average molecular weight is 532 g/mol. The maximum Gasteiger partial charge on any atom is 0.338 e. The van der Waals surface area contributed by atoms with Crippen LogP contribution in [0.1, 0.15) is 37.9 Å². The van der Waals surface area contributed by atoms with Gasteiger partial charge in [-0.1, -0.05) is 41.7 Å². The first-order valence-corrected chi connectivity index (χ1v) is 12.3. The van der Waals surface area contributed by atoms with E-state index in [1.165, 1.54) is 25.5 Å². The third-order valence-corrected chi connectivity index (χ3v) is 7.29. The molecule has 0 unspecified atom stereocenters. The van der Waals surface area contributed by atoms with E-state index in [0.717, 1.165) is 16.2 Å². The minimum absolute atomic E-state index is 0.101. The number of para-hydroxylation sites is 1. The van der Waals surface area contributed by atoms with Crippen LogP contribution in [0.15, 0.2) is 69.6 Å². The van der Waals surface area contributed by atoms with Crippen molar-refractivity contribution in [3.8, 4) is 5.75 Å². The van der Waals surface area contributed by atoms with Gasteiger partial charge in [-0.2, -0.15) is 0 Å². The summed E-state index contributed by atoms with van der Waals surface area (Å²) in [5.74, 6) is -1.92. The molecule has 2 aliphatic heterocycles. The van der Waals surface area contributed by atoms with E-state index in [4.69, 9.17) is 9.47 Å². The summed E-state index contributed by atoms with van der Waals surface area (Å²) in [5.41, 5.74) is 1.47. The summed E-state index contributed by atoms with van der Waals surface area (Å²) in [7, 11) is 1.24. The van der Waals surface area contributed by atoms with E-state index in [1.54, 1.807) is 55.5 Å². The molecule has 0 saturated carbocycles. The molecule has 3 heterocycles. The Balaban J connectivity index is 1.79. The molecule has 1 aromatic heterocycles. The van der Waals surface area contributed by atoms with Crippen LogP contribution >= 0.6 is 11.3 Å². The van der Waals surface area contributed by atoms with E-state index >= 15 is 0 Å². The number of aromatic nitrogens is 1. The summed E-state index contributed by atoms with van der Waals surface area (Å²) >= 11 is 1.01. The molecule has 3 aromatic rings.